The van der Waals surface area contributed by atoms with E-state index in [2.05, 4.69) is 9.88 Å². The summed E-state index contributed by atoms with van der Waals surface area (Å²) >= 11 is 0. The van der Waals surface area contributed by atoms with Gasteiger partial charge in [-0.1, -0.05) is 19.9 Å². The Bertz CT molecular complexity index is 461. The van der Waals surface area contributed by atoms with Crippen molar-refractivity contribution < 1.29 is 9.90 Å². The lowest BCUT2D eigenvalue weighted by atomic mass is 10.1. The molecule has 2 heterocycles. The van der Waals surface area contributed by atoms with Crippen LogP contribution in [0.4, 0.5) is 5.82 Å². The van der Waals surface area contributed by atoms with Crippen molar-refractivity contribution in [3.8, 4) is 0 Å². The Morgan fingerprint density at radius 3 is 2.23 bits per heavy atom. The van der Waals surface area contributed by atoms with Gasteiger partial charge in [-0.05, 0) is 39.3 Å². The summed E-state index contributed by atoms with van der Waals surface area (Å²) in [5, 5.41) is 9.50. The molecule has 0 radical (unpaired) electrons. The number of amides is 1. The molecule has 1 amide bonds. The van der Waals surface area contributed by atoms with Gasteiger partial charge in [-0.15, -0.1) is 0 Å². The Balaban J connectivity index is 0.00000116. The van der Waals surface area contributed by atoms with Crippen LogP contribution in [-0.2, 0) is 4.79 Å². The molecule has 5 heteroatoms. The zero-order valence-electron chi connectivity index (χ0n) is 14.6. The van der Waals surface area contributed by atoms with E-state index in [9.17, 15) is 9.90 Å². The number of hydrogen-bond acceptors (Lipinski definition) is 4. The second-order valence-corrected chi connectivity index (χ2v) is 5.72. The van der Waals surface area contributed by atoms with E-state index in [1.165, 1.54) is 6.92 Å². The highest BCUT2D eigenvalue weighted by atomic mass is 16.3. The van der Waals surface area contributed by atoms with Gasteiger partial charge in [0.15, 0.2) is 0 Å². The number of carbonyl (C=O) groups is 1. The van der Waals surface area contributed by atoms with Gasteiger partial charge in [0, 0.05) is 31.4 Å². The smallest absolute Gasteiger partial charge is 0.251 e. The number of aromatic nitrogens is 1. The fourth-order valence-electron chi connectivity index (χ4n) is 2.81. The van der Waals surface area contributed by atoms with Crippen molar-refractivity contribution >= 4 is 11.7 Å². The minimum absolute atomic E-state index is 0.0592. The van der Waals surface area contributed by atoms with E-state index in [1.54, 1.807) is 4.90 Å². The molecule has 2 rings (SSSR count). The number of aliphatic hydroxyl groups excluding tert-OH is 1. The van der Waals surface area contributed by atoms with E-state index in [0.717, 1.165) is 24.5 Å². The standard InChI is InChI=1S/C15H23N3O2.C2H6/c1-10-5-6-14(16-7-10)17-8-11(2)18(12(3)9-17)15(20)13(4)19;1-2/h5-7,11-13,19H,8-9H2,1-4H3;1-2H3. The maximum atomic E-state index is 12.0. The van der Waals surface area contributed by atoms with Crippen molar-refractivity contribution in [2.45, 2.75) is 59.7 Å². The van der Waals surface area contributed by atoms with Gasteiger partial charge in [-0.2, -0.15) is 0 Å². The zero-order chi connectivity index (χ0) is 16.9. The third-order valence-electron chi connectivity index (χ3n) is 3.75. The van der Waals surface area contributed by atoms with Crippen LogP contribution in [0.25, 0.3) is 0 Å². The molecule has 124 valence electrons. The molecule has 5 nitrogen and oxygen atoms in total. The van der Waals surface area contributed by atoms with Crippen LogP contribution in [0.1, 0.15) is 40.2 Å². The largest absolute Gasteiger partial charge is 0.384 e. The SMILES string of the molecule is CC.Cc1ccc(N2CC(C)N(C(=O)C(C)O)C(C)C2)nc1. The average molecular weight is 307 g/mol. The van der Waals surface area contributed by atoms with Gasteiger partial charge in [-0.25, -0.2) is 4.98 Å². The summed E-state index contributed by atoms with van der Waals surface area (Å²) in [5.41, 5.74) is 1.14. The van der Waals surface area contributed by atoms with Crippen LogP contribution in [-0.4, -0.2) is 52.2 Å². The monoisotopic (exact) mass is 307 g/mol. The quantitative estimate of drug-likeness (QED) is 0.910. The van der Waals surface area contributed by atoms with E-state index < -0.39 is 6.10 Å². The lowest BCUT2D eigenvalue weighted by Crippen LogP contribution is -2.60. The summed E-state index contributed by atoms with van der Waals surface area (Å²) < 4.78 is 0. The van der Waals surface area contributed by atoms with E-state index >= 15 is 0 Å². The van der Waals surface area contributed by atoms with Crippen molar-refractivity contribution in [1.82, 2.24) is 9.88 Å². The van der Waals surface area contributed by atoms with Crippen LogP contribution in [0.15, 0.2) is 18.3 Å². The van der Waals surface area contributed by atoms with E-state index in [4.69, 9.17) is 0 Å². The lowest BCUT2D eigenvalue weighted by molar-refractivity contribution is -0.144. The first-order valence-electron chi connectivity index (χ1n) is 8.08. The number of rotatable bonds is 2. The van der Waals surface area contributed by atoms with Crippen LogP contribution in [0.3, 0.4) is 0 Å². The molecule has 0 saturated carbocycles. The molecule has 0 aromatic carbocycles. The van der Waals surface area contributed by atoms with Gasteiger partial charge >= 0.3 is 0 Å². The highest BCUT2D eigenvalue weighted by molar-refractivity contribution is 5.81. The molecule has 1 fully saturated rings. The average Bonchev–Trinajstić information content (AvgIpc) is 2.49. The summed E-state index contributed by atoms with van der Waals surface area (Å²) in [5.74, 6) is 0.750. The Hall–Kier alpha value is -1.62. The van der Waals surface area contributed by atoms with E-state index in [-0.39, 0.29) is 18.0 Å². The number of carbonyl (C=O) groups excluding carboxylic acids is 1. The summed E-state index contributed by atoms with van der Waals surface area (Å²) in [6.07, 6.45) is 0.918. The fourth-order valence-corrected chi connectivity index (χ4v) is 2.81. The summed E-state index contributed by atoms with van der Waals surface area (Å²) in [6, 6.07) is 4.18. The molecule has 1 N–H and O–H groups in total. The Kier molecular flexibility index (Phi) is 6.81. The molecule has 0 spiro atoms. The number of nitrogens with zero attached hydrogens (tertiary/aromatic N) is 3. The van der Waals surface area contributed by atoms with Crippen LogP contribution in [0, 0.1) is 6.92 Å². The molecular formula is C17H29N3O2. The number of hydrogen-bond donors (Lipinski definition) is 1. The highest BCUT2D eigenvalue weighted by Gasteiger charge is 2.34. The van der Waals surface area contributed by atoms with Crippen LogP contribution in [0.5, 0.6) is 0 Å². The zero-order valence-corrected chi connectivity index (χ0v) is 14.6. The summed E-state index contributed by atoms with van der Waals surface area (Å²) in [7, 11) is 0. The van der Waals surface area contributed by atoms with Crippen molar-refractivity contribution in [2.75, 3.05) is 18.0 Å². The number of aryl methyl sites for hydroxylation is 1. The highest BCUT2D eigenvalue weighted by Crippen LogP contribution is 2.21. The van der Waals surface area contributed by atoms with Gasteiger partial charge in [0.2, 0.25) is 0 Å². The normalized spacial score (nSPS) is 22.7. The number of aliphatic hydroxyl groups is 1. The summed E-state index contributed by atoms with van der Waals surface area (Å²) in [6.45, 7) is 13.0. The van der Waals surface area contributed by atoms with Gasteiger partial charge in [0.25, 0.3) is 5.91 Å². The molecule has 1 aromatic heterocycles. The predicted molar refractivity (Wildman–Crippen MR) is 90.0 cm³/mol. The molecule has 1 aromatic rings. The molecular weight excluding hydrogens is 278 g/mol. The molecule has 1 aliphatic rings. The number of pyridine rings is 1. The number of anilines is 1. The van der Waals surface area contributed by atoms with Gasteiger partial charge < -0.3 is 14.9 Å². The van der Waals surface area contributed by atoms with Gasteiger partial charge in [0.1, 0.15) is 11.9 Å². The maximum absolute atomic E-state index is 12.0. The minimum atomic E-state index is -0.941. The van der Waals surface area contributed by atoms with Crippen LogP contribution < -0.4 is 4.90 Å². The number of piperazine rings is 1. The first-order valence-corrected chi connectivity index (χ1v) is 8.08. The third kappa shape index (κ3) is 4.19. The van der Waals surface area contributed by atoms with Crippen molar-refractivity contribution in [2.24, 2.45) is 0 Å². The first-order chi connectivity index (χ1) is 10.4. The van der Waals surface area contributed by atoms with Crippen LogP contribution in [0.2, 0.25) is 0 Å². The fraction of sp³-hybridized carbons (Fsp3) is 0.647. The van der Waals surface area contributed by atoms with Crippen LogP contribution >= 0.6 is 0 Å². The molecule has 3 unspecified atom stereocenters. The predicted octanol–water partition coefficient (Wildman–Crippen LogP) is 2.22. The lowest BCUT2D eigenvalue weighted by Gasteiger charge is -2.45. The minimum Gasteiger partial charge on any atom is -0.384 e. The third-order valence-corrected chi connectivity index (χ3v) is 3.75. The second-order valence-electron chi connectivity index (χ2n) is 5.72. The Labute approximate surface area is 134 Å². The first kappa shape index (κ1) is 18.4. The van der Waals surface area contributed by atoms with E-state index in [1.807, 2.05) is 52.9 Å². The summed E-state index contributed by atoms with van der Waals surface area (Å²) in [4.78, 5) is 20.5. The van der Waals surface area contributed by atoms with Crippen molar-refractivity contribution in [1.29, 1.82) is 0 Å². The molecule has 0 bridgehead atoms. The molecule has 22 heavy (non-hydrogen) atoms. The van der Waals surface area contributed by atoms with Gasteiger partial charge in [-0.3, -0.25) is 4.79 Å². The molecule has 1 aliphatic heterocycles. The van der Waals surface area contributed by atoms with E-state index in [0.29, 0.717) is 0 Å². The molecule has 3 atom stereocenters. The Morgan fingerprint density at radius 2 is 1.82 bits per heavy atom. The topological polar surface area (TPSA) is 56.7 Å². The van der Waals surface area contributed by atoms with Crippen molar-refractivity contribution in [3.05, 3.63) is 23.9 Å². The molecule has 1 saturated heterocycles. The second kappa shape index (κ2) is 8.13. The Morgan fingerprint density at radius 1 is 1.27 bits per heavy atom. The van der Waals surface area contributed by atoms with Crippen molar-refractivity contribution in [3.63, 3.8) is 0 Å². The van der Waals surface area contributed by atoms with Gasteiger partial charge in [0.05, 0.1) is 0 Å². The maximum Gasteiger partial charge on any atom is 0.251 e. The molecule has 0 aliphatic carbocycles.